The van der Waals surface area contributed by atoms with E-state index in [9.17, 15) is 14.3 Å². The molecule has 21 heavy (non-hydrogen) atoms. The molecule has 2 aromatic rings. The van der Waals surface area contributed by atoms with E-state index >= 15 is 0 Å². The number of hydrogen-bond donors (Lipinski definition) is 3. The third-order valence-corrected chi connectivity index (χ3v) is 3.05. The normalized spacial score (nSPS) is 12.0. The van der Waals surface area contributed by atoms with Crippen LogP contribution in [-0.2, 0) is 11.3 Å². The van der Waals surface area contributed by atoms with Crippen molar-refractivity contribution in [2.75, 3.05) is 12.4 Å². The summed E-state index contributed by atoms with van der Waals surface area (Å²) in [6.07, 6.45) is 3.24. The zero-order valence-electron chi connectivity index (χ0n) is 11.8. The molecular formula is C14H17FN4O2. The molecule has 0 bridgehead atoms. The second kappa shape index (κ2) is 6.25. The molecule has 0 aliphatic carbocycles. The van der Waals surface area contributed by atoms with E-state index in [2.05, 4.69) is 15.7 Å². The van der Waals surface area contributed by atoms with E-state index in [4.69, 9.17) is 0 Å². The number of carbonyl (C=O) groups excluding carboxylic acids is 1. The molecule has 0 radical (unpaired) electrons. The summed E-state index contributed by atoms with van der Waals surface area (Å²) in [6.45, 7) is 1.92. The van der Waals surface area contributed by atoms with E-state index in [0.717, 1.165) is 6.07 Å². The Labute approximate surface area is 121 Å². The van der Waals surface area contributed by atoms with Crippen molar-refractivity contribution in [1.82, 2.24) is 15.1 Å². The number of rotatable bonds is 5. The van der Waals surface area contributed by atoms with Gasteiger partial charge in [-0.2, -0.15) is 5.10 Å². The average molecular weight is 292 g/mol. The summed E-state index contributed by atoms with van der Waals surface area (Å²) >= 11 is 0. The highest BCUT2D eigenvalue weighted by Gasteiger charge is 2.12. The molecule has 0 saturated heterocycles. The molecule has 1 aromatic carbocycles. The Morgan fingerprint density at radius 3 is 2.95 bits per heavy atom. The number of hydrogen-bond acceptors (Lipinski definition) is 4. The summed E-state index contributed by atoms with van der Waals surface area (Å²) < 4.78 is 15.2. The quantitative estimate of drug-likeness (QED) is 0.783. The first-order valence-corrected chi connectivity index (χ1v) is 6.47. The van der Waals surface area contributed by atoms with Crippen LogP contribution in [0.3, 0.4) is 0 Å². The predicted octanol–water partition coefficient (Wildman–Crippen LogP) is 1.65. The number of likely N-dealkylation sites (N-methyl/N-ethyl adjacent to an activating group) is 1. The van der Waals surface area contributed by atoms with Gasteiger partial charge in [0.1, 0.15) is 18.1 Å². The number of carbonyl (C=O) groups is 1. The van der Waals surface area contributed by atoms with Crippen molar-refractivity contribution in [2.45, 2.75) is 19.5 Å². The monoisotopic (exact) mass is 292 g/mol. The number of nitrogens with one attached hydrogen (secondary N) is 2. The Morgan fingerprint density at radius 1 is 1.52 bits per heavy atom. The van der Waals surface area contributed by atoms with E-state index in [-0.39, 0.29) is 24.2 Å². The van der Waals surface area contributed by atoms with Gasteiger partial charge in [-0.15, -0.1) is 0 Å². The van der Waals surface area contributed by atoms with Gasteiger partial charge in [-0.05, 0) is 13.0 Å². The van der Waals surface area contributed by atoms with Crippen molar-refractivity contribution in [3.63, 3.8) is 0 Å². The van der Waals surface area contributed by atoms with Crippen molar-refractivity contribution in [2.24, 2.45) is 0 Å². The van der Waals surface area contributed by atoms with Crippen LogP contribution in [0.15, 0.2) is 30.6 Å². The maximum Gasteiger partial charge on any atom is 0.241 e. The number of aromatic nitrogens is 2. The van der Waals surface area contributed by atoms with Gasteiger partial charge in [-0.25, -0.2) is 4.39 Å². The van der Waals surface area contributed by atoms with Crippen LogP contribution in [0.5, 0.6) is 5.75 Å². The number of amides is 1. The zero-order valence-corrected chi connectivity index (χ0v) is 11.8. The third kappa shape index (κ3) is 3.71. The summed E-state index contributed by atoms with van der Waals surface area (Å²) in [5.74, 6) is -0.739. The van der Waals surface area contributed by atoms with Gasteiger partial charge in [-0.1, -0.05) is 6.07 Å². The number of halogens is 1. The molecule has 2 rings (SSSR count). The first-order valence-electron chi connectivity index (χ1n) is 6.47. The molecule has 6 nitrogen and oxygen atoms in total. The summed E-state index contributed by atoms with van der Waals surface area (Å²) in [7, 11) is 1.56. The highest BCUT2D eigenvalue weighted by atomic mass is 19.1. The smallest absolute Gasteiger partial charge is 0.241 e. The number of benzene rings is 1. The van der Waals surface area contributed by atoms with E-state index in [1.165, 1.54) is 16.8 Å². The molecule has 1 aromatic heterocycles. The van der Waals surface area contributed by atoms with Crippen molar-refractivity contribution in [3.05, 3.63) is 42.0 Å². The van der Waals surface area contributed by atoms with Gasteiger partial charge in [0.25, 0.3) is 0 Å². The largest absolute Gasteiger partial charge is 0.508 e. The van der Waals surface area contributed by atoms with Gasteiger partial charge in [0.2, 0.25) is 5.91 Å². The van der Waals surface area contributed by atoms with Gasteiger partial charge in [0, 0.05) is 24.9 Å². The molecule has 0 aliphatic rings. The molecule has 0 fully saturated rings. The first kappa shape index (κ1) is 14.8. The topological polar surface area (TPSA) is 79.2 Å². The minimum absolute atomic E-state index is 0.109. The Balaban J connectivity index is 2.05. The molecule has 3 N–H and O–H groups in total. The minimum atomic E-state index is -0.479. The average Bonchev–Trinajstić information content (AvgIpc) is 2.85. The van der Waals surface area contributed by atoms with Crippen LogP contribution >= 0.6 is 0 Å². The second-order valence-corrected chi connectivity index (χ2v) is 4.67. The van der Waals surface area contributed by atoms with Crippen LogP contribution in [-0.4, -0.2) is 27.8 Å². The fourth-order valence-electron chi connectivity index (χ4n) is 1.95. The number of nitrogens with zero attached hydrogens (tertiary/aromatic N) is 2. The van der Waals surface area contributed by atoms with Gasteiger partial charge in [0.15, 0.2) is 0 Å². The number of phenols is 1. The van der Waals surface area contributed by atoms with Crippen molar-refractivity contribution in [1.29, 1.82) is 0 Å². The lowest BCUT2D eigenvalue weighted by Crippen LogP contribution is -2.23. The maximum atomic E-state index is 13.8. The Morgan fingerprint density at radius 2 is 2.29 bits per heavy atom. The lowest BCUT2D eigenvalue weighted by Gasteiger charge is -2.15. The highest BCUT2D eigenvalue weighted by Crippen LogP contribution is 2.24. The first-order chi connectivity index (χ1) is 9.99. The molecule has 0 aliphatic heterocycles. The fraction of sp³-hybridized carbons (Fsp3) is 0.286. The van der Waals surface area contributed by atoms with E-state index < -0.39 is 5.82 Å². The third-order valence-electron chi connectivity index (χ3n) is 3.05. The minimum Gasteiger partial charge on any atom is -0.508 e. The molecule has 1 amide bonds. The van der Waals surface area contributed by atoms with Crippen LogP contribution in [0.1, 0.15) is 18.5 Å². The van der Waals surface area contributed by atoms with Crippen LogP contribution in [0.2, 0.25) is 0 Å². The summed E-state index contributed by atoms with van der Waals surface area (Å²) in [6, 6.07) is 3.73. The lowest BCUT2D eigenvalue weighted by atomic mass is 10.1. The van der Waals surface area contributed by atoms with Crippen LogP contribution in [0.4, 0.5) is 10.1 Å². The Kier molecular flexibility index (Phi) is 4.42. The summed E-state index contributed by atoms with van der Waals surface area (Å²) in [5, 5.41) is 18.9. The SMILES string of the molecule is CNC(=O)Cn1cc(NC(C)c2ccc(O)cc2F)cn1. The predicted molar refractivity (Wildman–Crippen MR) is 76.4 cm³/mol. The van der Waals surface area contributed by atoms with Crippen molar-refractivity contribution >= 4 is 11.6 Å². The van der Waals surface area contributed by atoms with Crippen LogP contribution in [0, 0.1) is 5.82 Å². The van der Waals surface area contributed by atoms with E-state index in [1.54, 1.807) is 26.4 Å². The summed E-state index contributed by atoms with van der Waals surface area (Å²) in [5.41, 5.74) is 1.12. The maximum absolute atomic E-state index is 13.8. The van der Waals surface area contributed by atoms with Gasteiger partial charge in [-0.3, -0.25) is 9.48 Å². The Bertz CT molecular complexity index is 642. The van der Waals surface area contributed by atoms with Crippen LogP contribution < -0.4 is 10.6 Å². The number of phenolic OH excluding ortho intramolecular Hbond substituents is 1. The molecule has 1 heterocycles. The fourth-order valence-corrected chi connectivity index (χ4v) is 1.95. The lowest BCUT2D eigenvalue weighted by molar-refractivity contribution is -0.121. The highest BCUT2D eigenvalue weighted by molar-refractivity contribution is 5.75. The van der Waals surface area contributed by atoms with Crippen molar-refractivity contribution < 1.29 is 14.3 Å². The van der Waals surface area contributed by atoms with Crippen molar-refractivity contribution in [3.8, 4) is 5.75 Å². The molecule has 1 unspecified atom stereocenters. The van der Waals surface area contributed by atoms with Crippen LogP contribution in [0.25, 0.3) is 0 Å². The second-order valence-electron chi connectivity index (χ2n) is 4.67. The number of anilines is 1. The molecule has 112 valence electrons. The van der Waals surface area contributed by atoms with Gasteiger partial charge in [0.05, 0.1) is 17.9 Å². The van der Waals surface area contributed by atoms with E-state index in [0.29, 0.717) is 11.3 Å². The molecule has 0 spiro atoms. The van der Waals surface area contributed by atoms with E-state index in [1.807, 2.05) is 0 Å². The zero-order chi connectivity index (χ0) is 15.4. The molecular weight excluding hydrogens is 275 g/mol. The number of aromatic hydroxyl groups is 1. The van der Waals surface area contributed by atoms with Gasteiger partial charge < -0.3 is 15.7 Å². The molecule has 7 heteroatoms. The summed E-state index contributed by atoms with van der Waals surface area (Å²) in [4.78, 5) is 11.2. The Hall–Kier alpha value is -2.57. The molecule has 1 atom stereocenters. The molecule has 0 saturated carbocycles. The standard InChI is InChI=1S/C14H17FN4O2/c1-9(12-4-3-11(20)5-13(12)15)18-10-6-17-19(7-10)8-14(21)16-2/h3-7,9,18,20H,8H2,1-2H3,(H,16,21). The van der Waals surface area contributed by atoms with Gasteiger partial charge >= 0.3 is 0 Å².